The normalized spacial score (nSPS) is 28.5. The van der Waals surface area contributed by atoms with Crippen LogP contribution in [0.5, 0.6) is 0 Å². The third kappa shape index (κ3) is 3.09. The average molecular weight is 173 g/mol. The van der Waals surface area contributed by atoms with E-state index in [2.05, 4.69) is 5.32 Å². The van der Waals surface area contributed by atoms with E-state index in [9.17, 15) is 5.11 Å². The fourth-order valence-electron chi connectivity index (χ4n) is 1.42. The van der Waals surface area contributed by atoms with Gasteiger partial charge in [0, 0.05) is 12.6 Å². The molecular formula is C9H19NO2. The summed E-state index contributed by atoms with van der Waals surface area (Å²) in [7, 11) is 0. The van der Waals surface area contributed by atoms with Crippen LogP contribution in [-0.2, 0) is 0 Å². The molecule has 3 N–H and O–H groups in total. The Morgan fingerprint density at radius 1 is 1.17 bits per heavy atom. The van der Waals surface area contributed by atoms with Gasteiger partial charge in [0.25, 0.3) is 0 Å². The van der Waals surface area contributed by atoms with E-state index in [4.69, 9.17) is 5.11 Å². The van der Waals surface area contributed by atoms with Gasteiger partial charge in [-0.1, -0.05) is 0 Å². The van der Waals surface area contributed by atoms with Crippen molar-refractivity contribution in [3.05, 3.63) is 0 Å². The molecule has 72 valence electrons. The standard InChI is InChI=1S/C9H19NO2/c11-7-3-1-2-6-10-8-4-5-9(8)12/h8-12H,1-7H2/t8-,9-/m1/s1. The SMILES string of the molecule is OCCCCCN[C@@H]1CC[C@H]1O. The Morgan fingerprint density at radius 2 is 2.00 bits per heavy atom. The van der Waals surface area contributed by atoms with Gasteiger partial charge in [-0.3, -0.25) is 0 Å². The summed E-state index contributed by atoms with van der Waals surface area (Å²) < 4.78 is 0. The van der Waals surface area contributed by atoms with Gasteiger partial charge < -0.3 is 15.5 Å². The summed E-state index contributed by atoms with van der Waals surface area (Å²) in [6.45, 7) is 1.27. The van der Waals surface area contributed by atoms with Gasteiger partial charge in [-0.05, 0) is 38.6 Å². The molecule has 0 aliphatic heterocycles. The summed E-state index contributed by atoms with van der Waals surface area (Å²) in [5, 5.41) is 21.0. The second-order valence-electron chi connectivity index (χ2n) is 3.49. The number of hydrogen-bond acceptors (Lipinski definition) is 3. The molecular weight excluding hydrogens is 154 g/mol. The molecule has 0 saturated heterocycles. The average Bonchev–Trinajstić information content (AvgIpc) is 2.08. The highest BCUT2D eigenvalue weighted by Gasteiger charge is 2.27. The van der Waals surface area contributed by atoms with Gasteiger partial charge in [0.2, 0.25) is 0 Å². The van der Waals surface area contributed by atoms with Gasteiger partial charge in [0.15, 0.2) is 0 Å². The lowest BCUT2D eigenvalue weighted by Crippen LogP contribution is -2.48. The number of unbranched alkanes of at least 4 members (excludes halogenated alkanes) is 2. The van der Waals surface area contributed by atoms with Crippen molar-refractivity contribution in [2.24, 2.45) is 0 Å². The van der Waals surface area contributed by atoms with E-state index in [0.29, 0.717) is 12.6 Å². The minimum Gasteiger partial charge on any atom is -0.396 e. The van der Waals surface area contributed by atoms with Gasteiger partial charge in [-0.2, -0.15) is 0 Å². The fourth-order valence-corrected chi connectivity index (χ4v) is 1.42. The van der Waals surface area contributed by atoms with Gasteiger partial charge in [0.1, 0.15) is 0 Å². The highest BCUT2D eigenvalue weighted by molar-refractivity contribution is 4.85. The zero-order valence-corrected chi connectivity index (χ0v) is 7.50. The highest BCUT2D eigenvalue weighted by Crippen LogP contribution is 2.19. The van der Waals surface area contributed by atoms with Crippen molar-refractivity contribution in [3.8, 4) is 0 Å². The monoisotopic (exact) mass is 173 g/mol. The smallest absolute Gasteiger partial charge is 0.0693 e. The lowest BCUT2D eigenvalue weighted by atomic mass is 9.89. The van der Waals surface area contributed by atoms with Crippen LogP contribution >= 0.6 is 0 Å². The maximum absolute atomic E-state index is 9.21. The molecule has 12 heavy (non-hydrogen) atoms. The van der Waals surface area contributed by atoms with E-state index in [1.54, 1.807) is 0 Å². The summed E-state index contributed by atoms with van der Waals surface area (Å²) in [5.41, 5.74) is 0. The molecule has 0 spiro atoms. The number of rotatable bonds is 6. The van der Waals surface area contributed by atoms with Crippen molar-refractivity contribution < 1.29 is 10.2 Å². The molecule has 0 bridgehead atoms. The van der Waals surface area contributed by atoms with Crippen LogP contribution in [0.15, 0.2) is 0 Å². The number of aliphatic hydroxyl groups is 2. The minimum absolute atomic E-state index is 0.108. The summed E-state index contributed by atoms with van der Waals surface area (Å²) in [6, 6.07) is 0.346. The molecule has 0 unspecified atom stereocenters. The predicted octanol–water partition coefficient (Wildman–Crippen LogP) is 0.262. The van der Waals surface area contributed by atoms with Crippen molar-refractivity contribution in [2.75, 3.05) is 13.2 Å². The van der Waals surface area contributed by atoms with Crippen LogP contribution in [-0.4, -0.2) is 35.5 Å². The van der Waals surface area contributed by atoms with Crippen molar-refractivity contribution in [1.82, 2.24) is 5.32 Å². The molecule has 0 radical (unpaired) electrons. The molecule has 0 aromatic carbocycles. The molecule has 1 fully saturated rings. The van der Waals surface area contributed by atoms with Crippen molar-refractivity contribution in [2.45, 2.75) is 44.2 Å². The van der Waals surface area contributed by atoms with E-state index in [1.165, 1.54) is 0 Å². The Kier molecular flexibility index (Phi) is 4.58. The third-order valence-corrected chi connectivity index (χ3v) is 2.48. The maximum atomic E-state index is 9.21. The molecule has 3 nitrogen and oxygen atoms in total. The zero-order chi connectivity index (χ0) is 8.81. The van der Waals surface area contributed by atoms with Gasteiger partial charge in [-0.15, -0.1) is 0 Å². The second-order valence-corrected chi connectivity index (χ2v) is 3.49. The molecule has 0 aromatic rings. The summed E-state index contributed by atoms with van der Waals surface area (Å²) in [4.78, 5) is 0. The van der Waals surface area contributed by atoms with Crippen LogP contribution in [0.2, 0.25) is 0 Å². The molecule has 1 rings (SSSR count). The second kappa shape index (κ2) is 5.51. The molecule has 1 saturated carbocycles. The molecule has 0 amide bonds. The first-order valence-electron chi connectivity index (χ1n) is 4.87. The van der Waals surface area contributed by atoms with E-state index >= 15 is 0 Å². The lowest BCUT2D eigenvalue weighted by molar-refractivity contribution is 0.0500. The third-order valence-electron chi connectivity index (χ3n) is 2.48. The van der Waals surface area contributed by atoms with Crippen molar-refractivity contribution in [3.63, 3.8) is 0 Å². The summed E-state index contributed by atoms with van der Waals surface area (Å²) in [6.07, 6.45) is 5.03. The van der Waals surface area contributed by atoms with Gasteiger partial charge in [-0.25, -0.2) is 0 Å². The molecule has 2 atom stereocenters. The topological polar surface area (TPSA) is 52.5 Å². The Hall–Kier alpha value is -0.120. The van der Waals surface area contributed by atoms with Crippen LogP contribution in [0.25, 0.3) is 0 Å². The lowest BCUT2D eigenvalue weighted by Gasteiger charge is -2.33. The largest absolute Gasteiger partial charge is 0.396 e. The number of aliphatic hydroxyl groups excluding tert-OH is 2. The molecule has 3 heteroatoms. The molecule has 1 aliphatic carbocycles. The number of hydrogen-bond donors (Lipinski definition) is 3. The van der Waals surface area contributed by atoms with E-state index in [-0.39, 0.29) is 6.10 Å². The van der Waals surface area contributed by atoms with E-state index in [0.717, 1.165) is 38.6 Å². The Bertz CT molecular complexity index is 119. The molecule has 0 heterocycles. The number of nitrogens with one attached hydrogen (secondary N) is 1. The van der Waals surface area contributed by atoms with Crippen molar-refractivity contribution in [1.29, 1.82) is 0 Å². The van der Waals surface area contributed by atoms with Crippen LogP contribution in [0.1, 0.15) is 32.1 Å². The van der Waals surface area contributed by atoms with Crippen LogP contribution < -0.4 is 5.32 Å². The van der Waals surface area contributed by atoms with Gasteiger partial charge >= 0.3 is 0 Å². The van der Waals surface area contributed by atoms with E-state index < -0.39 is 0 Å². The first kappa shape index (κ1) is 9.96. The Labute approximate surface area is 73.8 Å². The fraction of sp³-hybridized carbons (Fsp3) is 1.00. The molecule has 1 aliphatic rings. The van der Waals surface area contributed by atoms with Crippen LogP contribution in [0, 0.1) is 0 Å². The first-order valence-corrected chi connectivity index (χ1v) is 4.87. The zero-order valence-electron chi connectivity index (χ0n) is 7.50. The summed E-state index contributed by atoms with van der Waals surface area (Å²) >= 11 is 0. The quantitative estimate of drug-likeness (QED) is 0.505. The minimum atomic E-state index is -0.108. The Balaban J connectivity index is 1.82. The highest BCUT2D eigenvalue weighted by atomic mass is 16.3. The van der Waals surface area contributed by atoms with Gasteiger partial charge in [0.05, 0.1) is 6.10 Å². The van der Waals surface area contributed by atoms with E-state index in [1.807, 2.05) is 0 Å². The van der Waals surface area contributed by atoms with Crippen LogP contribution in [0.3, 0.4) is 0 Å². The maximum Gasteiger partial charge on any atom is 0.0693 e. The first-order chi connectivity index (χ1) is 5.84. The predicted molar refractivity (Wildman–Crippen MR) is 48.0 cm³/mol. The Morgan fingerprint density at radius 3 is 2.50 bits per heavy atom. The van der Waals surface area contributed by atoms with Crippen molar-refractivity contribution >= 4 is 0 Å². The molecule has 0 aromatic heterocycles. The van der Waals surface area contributed by atoms with Crippen LogP contribution in [0.4, 0.5) is 0 Å². The summed E-state index contributed by atoms with van der Waals surface area (Å²) in [5.74, 6) is 0.